The second-order valence-electron chi connectivity index (χ2n) is 7.83. The number of amides is 1. The zero-order valence-corrected chi connectivity index (χ0v) is 20.6. The molecule has 0 radical (unpaired) electrons. The normalized spacial score (nSPS) is 14.2. The summed E-state index contributed by atoms with van der Waals surface area (Å²) in [5, 5.41) is 11.6. The predicted molar refractivity (Wildman–Crippen MR) is 133 cm³/mol. The maximum Gasteiger partial charge on any atom is 0.417 e. The lowest BCUT2D eigenvalue weighted by Crippen LogP contribution is -2.35. The Bertz CT molecular complexity index is 1330. The fraction of sp³-hybridized carbons (Fsp3) is 0.200. The van der Waals surface area contributed by atoms with Crippen LogP contribution in [0.2, 0.25) is 0 Å². The van der Waals surface area contributed by atoms with Gasteiger partial charge in [-0.1, -0.05) is 34.5 Å². The second-order valence-corrected chi connectivity index (χ2v) is 10.6. The van der Waals surface area contributed by atoms with Gasteiger partial charge < -0.3 is 4.74 Å². The minimum Gasteiger partial charge on any atom is -0.410 e. The van der Waals surface area contributed by atoms with Crippen molar-refractivity contribution >= 4 is 37.7 Å². The number of ether oxygens (including phenoxy) is 1. The van der Waals surface area contributed by atoms with Gasteiger partial charge in [0.15, 0.2) is 0 Å². The number of carbonyl (C=O) groups excluding carboxylic acids is 1. The Hall–Kier alpha value is -3.19. The Balaban J connectivity index is 1.43. The van der Waals surface area contributed by atoms with Crippen molar-refractivity contribution < 1.29 is 17.9 Å². The first-order valence-corrected chi connectivity index (χ1v) is 13.0. The molecule has 9 heteroatoms. The molecule has 3 aromatic rings. The average Bonchev–Trinajstić information content (AvgIpc) is 2.86. The van der Waals surface area contributed by atoms with E-state index in [1.54, 1.807) is 42.5 Å². The van der Waals surface area contributed by atoms with Crippen molar-refractivity contribution in [1.29, 1.82) is 5.26 Å². The van der Waals surface area contributed by atoms with Gasteiger partial charge in [0.05, 0.1) is 16.5 Å². The van der Waals surface area contributed by atoms with E-state index in [1.807, 2.05) is 12.1 Å². The molecule has 34 heavy (non-hydrogen) atoms. The first-order chi connectivity index (χ1) is 16.4. The first kappa shape index (κ1) is 24.0. The summed E-state index contributed by atoms with van der Waals surface area (Å²) < 4.78 is 33.3. The molecule has 0 atom stereocenters. The van der Waals surface area contributed by atoms with Gasteiger partial charge in [-0.25, -0.2) is 13.2 Å². The van der Waals surface area contributed by atoms with Crippen molar-refractivity contribution in [2.75, 3.05) is 18.4 Å². The van der Waals surface area contributed by atoms with Crippen LogP contribution >= 0.6 is 15.9 Å². The molecule has 1 saturated heterocycles. The molecular formula is C25H22BrN3O4S. The van der Waals surface area contributed by atoms with Crippen LogP contribution < -0.4 is 10.1 Å². The van der Waals surface area contributed by atoms with Crippen molar-refractivity contribution in [3.63, 3.8) is 0 Å². The van der Waals surface area contributed by atoms with Crippen LogP contribution in [0.1, 0.15) is 24.8 Å². The molecule has 1 N–H and O–H groups in total. The number of sulfonamides is 1. The lowest BCUT2D eigenvalue weighted by atomic mass is 10.0. The van der Waals surface area contributed by atoms with Gasteiger partial charge >= 0.3 is 6.09 Å². The second kappa shape index (κ2) is 10.4. The number of benzene rings is 3. The molecule has 0 aliphatic carbocycles. The van der Waals surface area contributed by atoms with E-state index >= 15 is 0 Å². The summed E-state index contributed by atoms with van der Waals surface area (Å²) in [6.45, 7) is 1.07. The maximum absolute atomic E-state index is 12.8. The number of nitrogens with one attached hydrogen (secondary N) is 1. The monoisotopic (exact) mass is 539 g/mol. The van der Waals surface area contributed by atoms with E-state index in [0.717, 1.165) is 34.9 Å². The van der Waals surface area contributed by atoms with Crippen molar-refractivity contribution in [3.8, 4) is 22.9 Å². The fourth-order valence-corrected chi connectivity index (χ4v) is 5.72. The van der Waals surface area contributed by atoms with Gasteiger partial charge in [-0.3, -0.25) is 5.32 Å². The van der Waals surface area contributed by atoms with E-state index < -0.39 is 16.1 Å². The molecular weight excluding hydrogens is 518 g/mol. The van der Waals surface area contributed by atoms with Crippen LogP contribution in [-0.2, 0) is 10.0 Å². The van der Waals surface area contributed by atoms with Crippen molar-refractivity contribution in [2.24, 2.45) is 0 Å². The molecule has 1 fully saturated rings. The maximum atomic E-state index is 12.8. The molecule has 0 unspecified atom stereocenters. The topological polar surface area (TPSA) is 99.5 Å². The lowest BCUT2D eigenvalue weighted by Gasteiger charge is -2.25. The molecule has 1 aliphatic rings. The van der Waals surface area contributed by atoms with E-state index in [0.29, 0.717) is 30.1 Å². The largest absolute Gasteiger partial charge is 0.417 e. The molecule has 174 valence electrons. The van der Waals surface area contributed by atoms with Gasteiger partial charge in [-0.15, -0.1) is 0 Å². The van der Waals surface area contributed by atoms with Gasteiger partial charge in [-0.05, 0) is 78.6 Å². The molecule has 3 aromatic carbocycles. The summed E-state index contributed by atoms with van der Waals surface area (Å²) in [5.41, 5.74) is 2.65. The summed E-state index contributed by atoms with van der Waals surface area (Å²) in [6.07, 6.45) is 2.09. The number of anilines is 1. The predicted octanol–water partition coefficient (Wildman–Crippen LogP) is 5.77. The minimum atomic E-state index is -3.53. The third-order valence-corrected chi connectivity index (χ3v) is 8.13. The highest BCUT2D eigenvalue weighted by atomic mass is 79.9. The van der Waals surface area contributed by atoms with Crippen molar-refractivity contribution in [2.45, 2.75) is 24.2 Å². The Kier molecular flexibility index (Phi) is 7.32. The van der Waals surface area contributed by atoms with Gasteiger partial charge in [0, 0.05) is 23.2 Å². The van der Waals surface area contributed by atoms with Crippen LogP contribution in [0.4, 0.5) is 10.5 Å². The van der Waals surface area contributed by atoms with Crippen LogP contribution in [0, 0.1) is 11.3 Å². The molecule has 7 nitrogen and oxygen atoms in total. The highest BCUT2D eigenvalue weighted by Crippen LogP contribution is 2.32. The van der Waals surface area contributed by atoms with Crippen LogP contribution in [-0.4, -0.2) is 31.9 Å². The lowest BCUT2D eigenvalue weighted by molar-refractivity contribution is 0.215. The highest BCUT2D eigenvalue weighted by molar-refractivity contribution is 9.10. The Morgan fingerprint density at radius 3 is 2.29 bits per heavy atom. The number of nitriles is 1. The molecule has 1 heterocycles. The summed E-state index contributed by atoms with van der Waals surface area (Å²) in [4.78, 5) is 12.6. The van der Waals surface area contributed by atoms with Crippen molar-refractivity contribution in [3.05, 3.63) is 76.8 Å². The highest BCUT2D eigenvalue weighted by Gasteiger charge is 2.25. The zero-order valence-electron chi connectivity index (χ0n) is 18.2. The van der Waals surface area contributed by atoms with E-state index in [4.69, 9.17) is 10.00 Å². The number of hydrogen-bond donors (Lipinski definition) is 1. The number of hydrogen-bond acceptors (Lipinski definition) is 5. The number of halogens is 1. The Labute approximate surface area is 207 Å². The summed E-state index contributed by atoms with van der Waals surface area (Å²) in [7, 11) is -3.53. The van der Waals surface area contributed by atoms with E-state index in [1.165, 1.54) is 16.4 Å². The molecule has 0 aromatic heterocycles. The number of piperidine rings is 1. The number of nitrogens with zero attached hydrogens (tertiary/aromatic N) is 2. The van der Waals surface area contributed by atoms with Gasteiger partial charge in [0.1, 0.15) is 5.75 Å². The molecule has 1 amide bonds. The smallest absolute Gasteiger partial charge is 0.410 e. The quantitative estimate of drug-likeness (QED) is 0.443. The molecule has 1 aliphatic heterocycles. The van der Waals surface area contributed by atoms with Gasteiger partial charge in [0.2, 0.25) is 10.0 Å². The van der Waals surface area contributed by atoms with Gasteiger partial charge in [-0.2, -0.15) is 9.57 Å². The number of rotatable bonds is 5. The standard InChI is InChI=1S/C25H22BrN3O4S/c26-24-13-10-21(16-23(24)19-6-4-18(17-27)5-7-19)33-25(30)28-20-8-11-22(12-9-20)34(31,32)29-14-2-1-3-15-29/h4-13,16H,1-3,14-15H2,(H,28,30). The van der Waals surface area contributed by atoms with Crippen LogP contribution in [0.3, 0.4) is 0 Å². The van der Waals surface area contributed by atoms with Crippen LogP contribution in [0.5, 0.6) is 5.75 Å². The molecule has 0 bridgehead atoms. The summed E-state index contributed by atoms with van der Waals surface area (Å²) in [6, 6.07) is 20.4. The average molecular weight is 540 g/mol. The Morgan fingerprint density at radius 1 is 0.971 bits per heavy atom. The third kappa shape index (κ3) is 5.47. The third-order valence-electron chi connectivity index (χ3n) is 5.53. The van der Waals surface area contributed by atoms with Crippen molar-refractivity contribution in [1.82, 2.24) is 4.31 Å². The molecule has 0 saturated carbocycles. The summed E-state index contributed by atoms with van der Waals surface area (Å²) in [5.74, 6) is 0.337. The number of carbonyl (C=O) groups is 1. The molecule has 4 rings (SSSR count). The van der Waals surface area contributed by atoms with E-state index in [-0.39, 0.29) is 4.90 Å². The van der Waals surface area contributed by atoms with E-state index in [2.05, 4.69) is 27.3 Å². The van der Waals surface area contributed by atoms with Crippen LogP contribution in [0.15, 0.2) is 76.1 Å². The molecule has 0 spiro atoms. The van der Waals surface area contributed by atoms with Crippen LogP contribution in [0.25, 0.3) is 11.1 Å². The Morgan fingerprint density at radius 2 is 1.65 bits per heavy atom. The zero-order chi connectivity index (χ0) is 24.1. The van der Waals surface area contributed by atoms with E-state index in [9.17, 15) is 13.2 Å². The van der Waals surface area contributed by atoms with Gasteiger partial charge in [0.25, 0.3) is 0 Å². The fourth-order valence-electron chi connectivity index (χ4n) is 3.73. The minimum absolute atomic E-state index is 0.202. The SMILES string of the molecule is N#Cc1ccc(-c2cc(OC(=O)Nc3ccc(S(=O)(=O)N4CCCCC4)cc3)ccc2Br)cc1. The first-order valence-electron chi connectivity index (χ1n) is 10.8. The summed E-state index contributed by atoms with van der Waals surface area (Å²) >= 11 is 3.50.